The number of fused-ring (bicyclic) bond motifs is 3. The van der Waals surface area contributed by atoms with E-state index in [1.165, 1.54) is 6.07 Å². The maximum atomic E-state index is 13.6. The van der Waals surface area contributed by atoms with E-state index >= 15 is 0 Å². The second-order valence-corrected chi connectivity index (χ2v) is 9.68. The predicted octanol–water partition coefficient (Wildman–Crippen LogP) is 1.39. The number of phenolic OH excluding ortho intramolecular Hbond substituents is 1. The zero-order valence-corrected chi connectivity index (χ0v) is 19.5. The summed E-state index contributed by atoms with van der Waals surface area (Å²) in [5.41, 5.74) is 4.58. The number of aromatic hydroxyl groups is 1. The first kappa shape index (κ1) is 23.9. The average molecular weight is 491 g/mol. The maximum Gasteiger partial charge on any atom is 0.235 e. The van der Waals surface area contributed by atoms with Gasteiger partial charge in [0.1, 0.15) is 11.5 Å². The van der Waals surface area contributed by atoms with Gasteiger partial charge >= 0.3 is 0 Å². The lowest BCUT2D eigenvalue weighted by Crippen LogP contribution is -2.68. The second kappa shape index (κ2) is 8.37. The van der Waals surface area contributed by atoms with Gasteiger partial charge in [0.15, 0.2) is 34.7 Å². The Morgan fingerprint density at radius 3 is 2.39 bits per heavy atom. The van der Waals surface area contributed by atoms with Crippen LogP contribution in [0.4, 0.5) is 0 Å². The van der Waals surface area contributed by atoms with E-state index in [-0.39, 0.29) is 30.6 Å². The SMILES string of the molecule is CCOc1ccc(-c2ccc(O)c3c2C[C@H]2C[C@H]4CC(=O)C(C(N)=O)C(=O)[C@@]4(O)C(=O)C2C3=O)cc1. The Labute approximate surface area is 206 Å². The van der Waals surface area contributed by atoms with Gasteiger partial charge in [0.25, 0.3) is 0 Å². The van der Waals surface area contributed by atoms with Gasteiger partial charge in [0.2, 0.25) is 5.91 Å². The standard InChI is InChI=1S/C27H25NO8/c1-2-36-15-5-3-12(4-6-15)16-7-8-18(29)21-17(16)10-13-9-14-11-19(30)22(26(28)34)25(33)27(14,35)24(32)20(13)23(21)31/h3-8,13-14,20,22,29,35H,2,9-11H2,1H3,(H2,28,34)/t13-,14+,20?,22?,27+/m1/s1. The van der Waals surface area contributed by atoms with Gasteiger partial charge in [-0.3, -0.25) is 24.0 Å². The Hall–Kier alpha value is -3.85. The number of hydrogen-bond donors (Lipinski definition) is 3. The van der Waals surface area contributed by atoms with Crippen molar-refractivity contribution in [2.24, 2.45) is 29.4 Å². The van der Waals surface area contributed by atoms with Crippen molar-refractivity contribution in [3.05, 3.63) is 47.5 Å². The topological polar surface area (TPSA) is 161 Å². The Balaban J connectivity index is 1.58. The molecule has 5 rings (SSSR count). The molecule has 0 aliphatic heterocycles. The van der Waals surface area contributed by atoms with E-state index in [1.807, 2.05) is 19.1 Å². The number of carbonyl (C=O) groups excluding carboxylic acids is 5. The summed E-state index contributed by atoms with van der Waals surface area (Å²) in [6.45, 7) is 2.39. The van der Waals surface area contributed by atoms with Crippen LogP contribution in [0.15, 0.2) is 36.4 Å². The first-order chi connectivity index (χ1) is 17.1. The monoisotopic (exact) mass is 491 g/mol. The number of rotatable bonds is 4. The molecule has 4 N–H and O–H groups in total. The molecule has 9 heteroatoms. The third-order valence-electron chi connectivity index (χ3n) is 7.76. The summed E-state index contributed by atoms with van der Waals surface area (Å²) in [6, 6.07) is 10.3. The number of nitrogens with two attached hydrogens (primary N) is 1. The van der Waals surface area contributed by atoms with Crippen molar-refractivity contribution in [2.45, 2.75) is 31.8 Å². The lowest BCUT2D eigenvalue weighted by Gasteiger charge is -2.48. The molecule has 1 amide bonds. The Morgan fingerprint density at radius 2 is 1.75 bits per heavy atom. The van der Waals surface area contributed by atoms with Gasteiger partial charge in [-0.25, -0.2) is 0 Å². The highest BCUT2D eigenvalue weighted by molar-refractivity contribution is 6.31. The van der Waals surface area contributed by atoms with Crippen molar-refractivity contribution in [1.29, 1.82) is 0 Å². The average Bonchev–Trinajstić information content (AvgIpc) is 2.82. The van der Waals surface area contributed by atoms with Gasteiger partial charge < -0.3 is 20.7 Å². The predicted molar refractivity (Wildman–Crippen MR) is 125 cm³/mol. The molecule has 0 radical (unpaired) electrons. The fourth-order valence-electron chi connectivity index (χ4n) is 6.14. The zero-order valence-electron chi connectivity index (χ0n) is 19.5. The molecule has 0 spiro atoms. The van der Waals surface area contributed by atoms with Crippen LogP contribution in [0, 0.1) is 23.7 Å². The molecule has 5 atom stereocenters. The summed E-state index contributed by atoms with van der Waals surface area (Å²) in [5.74, 6) is -9.51. The van der Waals surface area contributed by atoms with E-state index in [9.17, 15) is 34.2 Å². The number of amides is 1. The van der Waals surface area contributed by atoms with Crippen molar-refractivity contribution >= 4 is 29.0 Å². The molecular weight excluding hydrogens is 466 g/mol. The second-order valence-electron chi connectivity index (χ2n) is 9.68. The molecule has 9 nitrogen and oxygen atoms in total. The van der Waals surface area contributed by atoms with E-state index in [0.29, 0.717) is 23.5 Å². The van der Waals surface area contributed by atoms with Gasteiger partial charge in [0, 0.05) is 12.3 Å². The molecule has 0 heterocycles. The fraction of sp³-hybridized carbons (Fsp3) is 0.370. The first-order valence-corrected chi connectivity index (χ1v) is 11.8. The van der Waals surface area contributed by atoms with Crippen LogP contribution >= 0.6 is 0 Å². The highest BCUT2D eigenvalue weighted by atomic mass is 16.5. The number of phenols is 1. The van der Waals surface area contributed by atoms with Gasteiger partial charge in [-0.05, 0) is 60.6 Å². The normalized spacial score (nSPS) is 29.3. The number of carbonyl (C=O) groups is 5. The molecule has 3 aliphatic carbocycles. The minimum atomic E-state index is -2.65. The Kier molecular flexibility index (Phi) is 5.55. The number of Topliss-reactive ketones (excluding diaryl/α,β-unsaturated/α-hetero) is 4. The molecule has 2 aromatic carbocycles. The van der Waals surface area contributed by atoms with Crippen molar-refractivity contribution in [3.63, 3.8) is 0 Å². The molecule has 0 aromatic heterocycles. The molecule has 186 valence electrons. The highest BCUT2D eigenvalue weighted by Gasteiger charge is 2.66. The van der Waals surface area contributed by atoms with E-state index in [2.05, 4.69) is 0 Å². The molecule has 36 heavy (non-hydrogen) atoms. The maximum absolute atomic E-state index is 13.6. The summed E-state index contributed by atoms with van der Waals surface area (Å²) < 4.78 is 5.49. The number of hydrogen-bond acceptors (Lipinski definition) is 8. The first-order valence-electron chi connectivity index (χ1n) is 11.8. The molecule has 0 bridgehead atoms. The number of aliphatic hydroxyl groups is 1. The summed E-state index contributed by atoms with van der Waals surface area (Å²) >= 11 is 0. The number of ketones is 4. The molecular formula is C27H25NO8. The summed E-state index contributed by atoms with van der Waals surface area (Å²) in [5, 5.41) is 21.9. The smallest absolute Gasteiger partial charge is 0.235 e. The Morgan fingerprint density at radius 1 is 1.06 bits per heavy atom. The molecule has 3 aliphatic rings. The van der Waals surface area contributed by atoms with Crippen molar-refractivity contribution < 1.29 is 38.9 Å². The highest BCUT2D eigenvalue weighted by Crippen LogP contribution is 2.51. The minimum absolute atomic E-state index is 0.0242. The van der Waals surface area contributed by atoms with Gasteiger partial charge in [0.05, 0.1) is 18.1 Å². The lowest BCUT2D eigenvalue weighted by atomic mass is 9.53. The number of ether oxygens (including phenoxy) is 1. The van der Waals surface area contributed by atoms with Crippen LogP contribution < -0.4 is 10.5 Å². The lowest BCUT2D eigenvalue weighted by molar-refractivity contribution is -0.175. The minimum Gasteiger partial charge on any atom is -0.507 e. The molecule has 2 fully saturated rings. The van der Waals surface area contributed by atoms with E-state index in [1.54, 1.807) is 18.2 Å². The van der Waals surface area contributed by atoms with Crippen LogP contribution in [0.2, 0.25) is 0 Å². The largest absolute Gasteiger partial charge is 0.507 e. The summed E-state index contributed by atoms with van der Waals surface area (Å²) in [6.07, 6.45) is -0.0836. The third-order valence-corrected chi connectivity index (χ3v) is 7.76. The van der Waals surface area contributed by atoms with E-state index < -0.39 is 58.3 Å². The number of primary amides is 1. The van der Waals surface area contributed by atoms with Crippen LogP contribution in [-0.2, 0) is 25.6 Å². The van der Waals surface area contributed by atoms with Crippen molar-refractivity contribution in [3.8, 4) is 22.6 Å². The fourth-order valence-corrected chi connectivity index (χ4v) is 6.14. The van der Waals surface area contributed by atoms with Gasteiger partial charge in [-0.2, -0.15) is 0 Å². The van der Waals surface area contributed by atoms with Crippen LogP contribution in [0.1, 0.15) is 35.7 Å². The molecule has 2 unspecified atom stereocenters. The molecule has 0 saturated heterocycles. The van der Waals surface area contributed by atoms with E-state index in [4.69, 9.17) is 10.5 Å². The van der Waals surface area contributed by atoms with Gasteiger partial charge in [-0.15, -0.1) is 0 Å². The van der Waals surface area contributed by atoms with Crippen LogP contribution in [0.3, 0.4) is 0 Å². The van der Waals surface area contributed by atoms with Gasteiger partial charge in [-0.1, -0.05) is 18.2 Å². The summed E-state index contributed by atoms with van der Waals surface area (Å²) in [4.78, 5) is 64.4. The third kappa shape index (κ3) is 3.30. The van der Waals surface area contributed by atoms with Crippen LogP contribution in [-0.4, -0.2) is 51.5 Å². The zero-order chi connectivity index (χ0) is 25.9. The van der Waals surface area contributed by atoms with E-state index in [0.717, 1.165) is 5.56 Å². The van der Waals surface area contributed by atoms with Crippen LogP contribution in [0.5, 0.6) is 11.5 Å². The summed E-state index contributed by atoms with van der Waals surface area (Å²) in [7, 11) is 0. The quantitative estimate of drug-likeness (QED) is 0.541. The van der Waals surface area contributed by atoms with Crippen molar-refractivity contribution in [2.75, 3.05) is 6.61 Å². The van der Waals surface area contributed by atoms with Crippen LogP contribution in [0.25, 0.3) is 11.1 Å². The number of benzene rings is 2. The molecule has 2 aromatic rings. The molecule has 2 saturated carbocycles. The van der Waals surface area contributed by atoms with Crippen molar-refractivity contribution in [1.82, 2.24) is 0 Å². The Bertz CT molecular complexity index is 1330.